The zero-order valence-corrected chi connectivity index (χ0v) is 9.24. The lowest BCUT2D eigenvalue weighted by Gasteiger charge is -2.05. The SMILES string of the molecule is Cc1cc(C)c(C(=O)Cl)cc1C(=O)Cl. The number of benzene rings is 1. The maximum atomic E-state index is 11.0. The molecule has 74 valence electrons. The van der Waals surface area contributed by atoms with Gasteiger partial charge >= 0.3 is 0 Å². The summed E-state index contributed by atoms with van der Waals surface area (Å²) in [5, 5.41) is -1.16. The Labute approximate surface area is 91.8 Å². The number of carbonyl (C=O) groups excluding carboxylic acids is 2. The summed E-state index contributed by atoms with van der Waals surface area (Å²) in [6, 6.07) is 3.14. The van der Waals surface area contributed by atoms with Crippen molar-refractivity contribution in [2.75, 3.05) is 0 Å². The van der Waals surface area contributed by atoms with Gasteiger partial charge in [0.1, 0.15) is 0 Å². The number of rotatable bonds is 2. The van der Waals surface area contributed by atoms with E-state index in [9.17, 15) is 9.59 Å². The van der Waals surface area contributed by atoms with E-state index in [1.807, 2.05) is 0 Å². The largest absolute Gasteiger partial charge is 0.276 e. The van der Waals surface area contributed by atoms with Crippen LogP contribution < -0.4 is 0 Å². The monoisotopic (exact) mass is 230 g/mol. The summed E-state index contributed by atoms with van der Waals surface area (Å²) in [6.45, 7) is 3.51. The van der Waals surface area contributed by atoms with Crippen LogP contribution in [-0.4, -0.2) is 10.5 Å². The molecule has 0 aromatic heterocycles. The van der Waals surface area contributed by atoms with Gasteiger partial charge in [-0.05, 0) is 54.2 Å². The smallest absolute Gasteiger partial charge is 0.252 e. The zero-order chi connectivity index (χ0) is 10.9. The molecule has 0 fully saturated rings. The highest BCUT2D eigenvalue weighted by molar-refractivity contribution is 6.69. The predicted octanol–water partition coefficient (Wildman–Crippen LogP) is 3.06. The first-order valence-electron chi connectivity index (χ1n) is 3.94. The molecule has 0 saturated carbocycles. The fraction of sp³-hybridized carbons (Fsp3) is 0.200. The van der Waals surface area contributed by atoms with Crippen LogP contribution in [0.1, 0.15) is 31.8 Å². The van der Waals surface area contributed by atoms with E-state index in [4.69, 9.17) is 23.2 Å². The van der Waals surface area contributed by atoms with E-state index in [1.165, 1.54) is 6.07 Å². The highest BCUT2D eigenvalue weighted by Gasteiger charge is 2.12. The maximum Gasteiger partial charge on any atom is 0.252 e. The summed E-state index contributed by atoms with van der Waals surface area (Å²) in [4.78, 5) is 21.9. The molecule has 0 spiro atoms. The standard InChI is InChI=1S/C10H8Cl2O2/c1-5-3-6(2)8(10(12)14)4-7(5)9(11)13/h3-4H,1-2H3. The van der Waals surface area contributed by atoms with Gasteiger partial charge in [0.05, 0.1) is 0 Å². The summed E-state index contributed by atoms with van der Waals surface area (Å²) < 4.78 is 0. The molecule has 1 aromatic carbocycles. The van der Waals surface area contributed by atoms with Gasteiger partial charge in [0.25, 0.3) is 10.5 Å². The highest BCUT2D eigenvalue weighted by Crippen LogP contribution is 2.19. The molecule has 0 heterocycles. The minimum atomic E-state index is -0.582. The molecule has 0 radical (unpaired) electrons. The molecule has 0 amide bonds. The minimum Gasteiger partial charge on any atom is -0.276 e. The number of hydrogen-bond donors (Lipinski definition) is 0. The van der Waals surface area contributed by atoms with Crippen molar-refractivity contribution in [1.29, 1.82) is 0 Å². The highest BCUT2D eigenvalue weighted by atomic mass is 35.5. The summed E-state index contributed by atoms with van der Waals surface area (Å²) >= 11 is 10.7. The van der Waals surface area contributed by atoms with Crippen molar-refractivity contribution in [3.05, 3.63) is 34.4 Å². The fourth-order valence-electron chi connectivity index (χ4n) is 1.28. The molecule has 0 bridgehead atoms. The molecule has 0 N–H and O–H groups in total. The summed E-state index contributed by atoms with van der Waals surface area (Å²) in [5.74, 6) is 0. The molecule has 0 unspecified atom stereocenters. The predicted molar refractivity (Wildman–Crippen MR) is 56.3 cm³/mol. The molecule has 0 aliphatic heterocycles. The van der Waals surface area contributed by atoms with Gasteiger partial charge in [-0.15, -0.1) is 0 Å². The van der Waals surface area contributed by atoms with Crippen molar-refractivity contribution in [1.82, 2.24) is 0 Å². The van der Waals surface area contributed by atoms with Crippen LogP contribution in [0.15, 0.2) is 12.1 Å². The topological polar surface area (TPSA) is 34.1 Å². The van der Waals surface area contributed by atoms with Gasteiger partial charge in [-0.3, -0.25) is 9.59 Å². The maximum absolute atomic E-state index is 11.0. The lowest BCUT2D eigenvalue weighted by atomic mass is 10.0. The van der Waals surface area contributed by atoms with Crippen molar-refractivity contribution >= 4 is 33.7 Å². The Kier molecular flexibility index (Phi) is 3.29. The second kappa shape index (κ2) is 4.11. The Bertz CT molecular complexity index is 376. The Morgan fingerprint density at radius 1 is 0.929 bits per heavy atom. The Morgan fingerprint density at radius 2 is 1.29 bits per heavy atom. The molecule has 1 rings (SSSR count). The summed E-state index contributed by atoms with van der Waals surface area (Å²) in [5.41, 5.74) is 2.12. The molecular formula is C10H8Cl2O2. The van der Waals surface area contributed by atoms with Crippen LogP contribution in [0.4, 0.5) is 0 Å². The average molecular weight is 231 g/mol. The van der Waals surface area contributed by atoms with E-state index in [-0.39, 0.29) is 0 Å². The van der Waals surface area contributed by atoms with Crippen LogP contribution >= 0.6 is 23.2 Å². The van der Waals surface area contributed by atoms with Gasteiger partial charge in [0.15, 0.2) is 0 Å². The van der Waals surface area contributed by atoms with E-state index in [2.05, 4.69) is 0 Å². The third-order valence-corrected chi connectivity index (χ3v) is 2.40. The van der Waals surface area contributed by atoms with Gasteiger partial charge in [0, 0.05) is 11.1 Å². The van der Waals surface area contributed by atoms with Crippen LogP contribution in [0.25, 0.3) is 0 Å². The second-order valence-corrected chi connectivity index (χ2v) is 3.72. The van der Waals surface area contributed by atoms with Crippen molar-refractivity contribution in [3.8, 4) is 0 Å². The van der Waals surface area contributed by atoms with Crippen LogP contribution in [0.2, 0.25) is 0 Å². The number of aryl methyl sites for hydroxylation is 2. The molecule has 14 heavy (non-hydrogen) atoms. The molecule has 4 heteroatoms. The molecule has 0 aliphatic rings. The number of carbonyl (C=O) groups is 2. The molecule has 0 aliphatic carbocycles. The van der Waals surface area contributed by atoms with Gasteiger partial charge in [-0.2, -0.15) is 0 Å². The Hall–Kier alpha value is -0.860. The van der Waals surface area contributed by atoms with E-state index in [0.717, 1.165) is 11.1 Å². The van der Waals surface area contributed by atoms with Gasteiger partial charge < -0.3 is 0 Å². The summed E-state index contributed by atoms with van der Waals surface area (Å²) in [7, 11) is 0. The fourth-order valence-corrected chi connectivity index (χ4v) is 1.68. The Balaban J connectivity index is 3.42. The quantitative estimate of drug-likeness (QED) is 0.733. The number of hydrogen-bond acceptors (Lipinski definition) is 2. The number of halogens is 2. The molecular weight excluding hydrogens is 223 g/mol. The van der Waals surface area contributed by atoms with E-state index >= 15 is 0 Å². The normalized spacial score (nSPS) is 10.0. The van der Waals surface area contributed by atoms with E-state index < -0.39 is 10.5 Å². The van der Waals surface area contributed by atoms with Crippen LogP contribution in [-0.2, 0) is 0 Å². The van der Waals surface area contributed by atoms with Crippen molar-refractivity contribution in [2.45, 2.75) is 13.8 Å². The van der Waals surface area contributed by atoms with Crippen LogP contribution in [0.5, 0.6) is 0 Å². The van der Waals surface area contributed by atoms with Crippen molar-refractivity contribution < 1.29 is 9.59 Å². The zero-order valence-electron chi connectivity index (χ0n) is 7.73. The summed E-state index contributed by atoms with van der Waals surface area (Å²) in [6.07, 6.45) is 0. The minimum absolute atomic E-state index is 0.321. The van der Waals surface area contributed by atoms with Crippen molar-refractivity contribution in [3.63, 3.8) is 0 Å². The lowest BCUT2D eigenvalue weighted by Crippen LogP contribution is -2.01. The first-order valence-corrected chi connectivity index (χ1v) is 4.70. The van der Waals surface area contributed by atoms with Gasteiger partial charge in [-0.1, -0.05) is 6.07 Å². The van der Waals surface area contributed by atoms with E-state index in [1.54, 1.807) is 19.9 Å². The average Bonchev–Trinajstić information content (AvgIpc) is 2.02. The first-order chi connectivity index (χ1) is 6.43. The first kappa shape index (κ1) is 11.2. The van der Waals surface area contributed by atoms with Crippen molar-refractivity contribution in [2.24, 2.45) is 0 Å². The second-order valence-electron chi connectivity index (χ2n) is 3.03. The lowest BCUT2D eigenvalue weighted by molar-refractivity contribution is 0.107. The van der Waals surface area contributed by atoms with Gasteiger partial charge in [0.2, 0.25) is 0 Å². The van der Waals surface area contributed by atoms with Crippen LogP contribution in [0, 0.1) is 13.8 Å². The third kappa shape index (κ3) is 2.14. The van der Waals surface area contributed by atoms with Gasteiger partial charge in [-0.25, -0.2) is 0 Å². The van der Waals surface area contributed by atoms with E-state index in [0.29, 0.717) is 11.1 Å². The Morgan fingerprint density at radius 3 is 1.57 bits per heavy atom. The molecule has 0 saturated heterocycles. The van der Waals surface area contributed by atoms with Crippen LogP contribution in [0.3, 0.4) is 0 Å². The molecule has 1 aromatic rings. The third-order valence-electron chi connectivity index (χ3n) is 1.99. The molecule has 2 nitrogen and oxygen atoms in total. The molecule has 0 atom stereocenters.